The molecular weight excluding hydrogens is 244 g/mol. The molecule has 1 aliphatic rings. The van der Waals surface area contributed by atoms with Gasteiger partial charge >= 0.3 is 0 Å². The van der Waals surface area contributed by atoms with E-state index in [1.807, 2.05) is 0 Å². The van der Waals surface area contributed by atoms with Gasteiger partial charge < -0.3 is 10.0 Å². The zero-order chi connectivity index (χ0) is 13.0. The van der Waals surface area contributed by atoms with Crippen molar-refractivity contribution in [2.75, 3.05) is 11.4 Å². The molecule has 1 aromatic heterocycles. The predicted octanol–water partition coefficient (Wildman–Crippen LogP) is 3.36. The summed E-state index contributed by atoms with van der Waals surface area (Å²) in [5, 5.41) is 10.6. The van der Waals surface area contributed by atoms with Crippen molar-refractivity contribution in [3.63, 3.8) is 0 Å². The molecule has 2 rings (SSSR count). The van der Waals surface area contributed by atoms with Gasteiger partial charge in [-0.1, -0.05) is 37.5 Å². The van der Waals surface area contributed by atoms with Gasteiger partial charge in [0.1, 0.15) is 0 Å². The monoisotopic (exact) mass is 268 g/mol. The molecule has 3 nitrogen and oxygen atoms in total. The highest BCUT2D eigenvalue weighted by Crippen LogP contribution is 2.31. The fourth-order valence-corrected chi connectivity index (χ4v) is 3.70. The highest BCUT2D eigenvalue weighted by Gasteiger charge is 2.21. The van der Waals surface area contributed by atoms with Gasteiger partial charge in [0.25, 0.3) is 0 Å². The minimum Gasteiger partial charge on any atom is -0.391 e. The van der Waals surface area contributed by atoms with Gasteiger partial charge in [0.15, 0.2) is 5.13 Å². The summed E-state index contributed by atoms with van der Waals surface area (Å²) in [4.78, 5) is 8.27. The van der Waals surface area contributed by atoms with Gasteiger partial charge in [-0.05, 0) is 26.2 Å². The average molecular weight is 268 g/mol. The van der Waals surface area contributed by atoms with Crippen LogP contribution in [0.3, 0.4) is 0 Å². The Morgan fingerprint density at radius 2 is 2.22 bits per heavy atom. The van der Waals surface area contributed by atoms with Crippen LogP contribution in [0.1, 0.15) is 56.5 Å². The Kier molecular flexibility index (Phi) is 5.01. The molecule has 2 heterocycles. The molecule has 0 spiro atoms. The maximum atomic E-state index is 9.43. The van der Waals surface area contributed by atoms with Crippen molar-refractivity contribution in [2.24, 2.45) is 0 Å². The second-order valence-corrected chi connectivity index (χ2v) is 6.23. The number of hydrogen-bond donors (Lipinski definition) is 1. The zero-order valence-corrected chi connectivity index (χ0v) is 12.3. The van der Waals surface area contributed by atoms with E-state index >= 15 is 0 Å². The molecule has 1 unspecified atom stereocenters. The van der Waals surface area contributed by atoms with Crippen LogP contribution in [0.25, 0.3) is 0 Å². The number of aliphatic hydroxyl groups is 1. The second kappa shape index (κ2) is 6.53. The lowest BCUT2D eigenvalue weighted by atomic mass is 10.1. The van der Waals surface area contributed by atoms with Crippen molar-refractivity contribution < 1.29 is 5.11 Å². The lowest BCUT2D eigenvalue weighted by molar-refractivity contribution is 0.284. The molecule has 18 heavy (non-hydrogen) atoms. The van der Waals surface area contributed by atoms with Crippen LogP contribution in [-0.4, -0.2) is 22.7 Å². The van der Waals surface area contributed by atoms with Crippen LogP contribution in [-0.2, 0) is 13.0 Å². The Bertz CT molecular complexity index is 378. The van der Waals surface area contributed by atoms with E-state index in [4.69, 9.17) is 4.98 Å². The highest BCUT2D eigenvalue weighted by molar-refractivity contribution is 7.15. The summed E-state index contributed by atoms with van der Waals surface area (Å²) >= 11 is 1.68. The number of aliphatic hydroxyl groups excluding tert-OH is 1. The molecule has 102 valence electrons. The maximum Gasteiger partial charge on any atom is 0.186 e. The summed E-state index contributed by atoms with van der Waals surface area (Å²) in [5.41, 5.74) is 1.11. The number of nitrogens with zero attached hydrogens (tertiary/aromatic N) is 2. The Morgan fingerprint density at radius 1 is 1.39 bits per heavy atom. The maximum absolute atomic E-state index is 9.43. The normalized spacial score (nSPS) is 21.1. The number of hydrogen-bond acceptors (Lipinski definition) is 4. The van der Waals surface area contributed by atoms with Crippen molar-refractivity contribution in [2.45, 2.75) is 65.0 Å². The minimum absolute atomic E-state index is 0.134. The predicted molar refractivity (Wildman–Crippen MR) is 77.3 cm³/mol. The van der Waals surface area contributed by atoms with Crippen LogP contribution in [0.2, 0.25) is 0 Å². The Balaban J connectivity index is 2.20. The molecule has 4 heteroatoms. The lowest BCUT2D eigenvalue weighted by Gasteiger charge is -2.26. The van der Waals surface area contributed by atoms with E-state index in [-0.39, 0.29) is 6.61 Å². The summed E-state index contributed by atoms with van der Waals surface area (Å²) < 4.78 is 0. The molecule has 0 aliphatic carbocycles. The zero-order valence-electron chi connectivity index (χ0n) is 11.5. The first kappa shape index (κ1) is 13.8. The summed E-state index contributed by atoms with van der Waals surface area (Å²) in [6, 6.07) is 0.583. The van der Waals surface area contributed by atoms with E-state index in [1.165, 1.54) is 25.7 Å². The van der Waals surface area contributed by atoms with E-state index < -0.39 is 0 Å². The summed E-state index contributed by atoms with van der Waals surface area (Å²) in [6.07, 6.45) is 7.26. The topological polar surface area (TPSA) is 36.4 Å². The molecule has 1 fully saturated rings. The molecule has 0 radical (unpaired) electrons. The molecule has 1 atom stereocenters. The molecular formula is C14H24N2OS. The second-order valence-electron chi connectivity index (χ2n) is 5.17. The Hall–Kier alpha value is -0.610. The van der Waals surface area contributed by atoms with Gasteiger partial charge in [-0.2, -0.15) is 0 Å². The number of rotatable bonds is 4. The lowest BCUT2D eigenvalue weighted by Crippen LogP contribution is -2.32. The van der Waals surface area contributed by atoms with Gasteiger partial charge in [-0.15, -0.1) is 0 Å². The first-order valence-corrected chi connectivity index (χ1v) is 7.94. The van der Waals surface area contributed by atoms with E-state index in [9.17, 15) is 5.11 Å². The van der Waals surface area contributed by atoms with E-state index in [1.54, 1.807) is 11.3 Å². The van der Waals surface area contributed by atoms with Crippen molar-refractivity contribution in [3.8, 4) is 0 Å². The van der Waals surface area contributed by atoms with Gasteiger partial charge in [-0.25, -0.2) is 4.98 Å². The molecule has 0 saturated carbocycles. The van der Waals surface area contributed by atoms with Crippen LogP contribution >= 0.6 is 11.3 Å². The van der Waals surface area contributed by atoms with Crippen LogP contribution in [0.4, 0.5) is 5.13 Å². The third kappa shape index (κ3) is 3.04. The third-order valence-electron chi connectivity index (χ3n) is 3.70. The first-order chi connectivity index (χ1) is 8.76. The third-order valence-corrected chi connectivity index (χ3v) is 4.82. The first-order valence-electron chi connectivity index (χ1n) is 7.12. The minimum atomic E-state index is 0.134. The fraction of sp³-hybridized carbons (Fsp3) is 0.786. The summed E-state index contributed by atoms with van der Waals surface area (Å²) in [5.74, 6) is 0. The van der Waals surface area contributed by atoms with Gasteiger partial charge in [0.2, 0.25) is 0 Å². The smallest absolute Gasteiger partial charge is 0.186 e. The summed E-state index contributed by atoms with van der Waals surface area (Å²) in [6.45, 7) is 5.71. The van der Waals surface area contributed by atoms with E-state index in [0.717, 1.165) is 35.1 Å². The number of aromatic nitrogens is 1. The molecule has 1 aromatic rings. The Labute approximate surface area is 114 Å². The molecule has 1 aliphatic heterocycles. The molecule has 1 N–H and O–H groups in total. The molecule has 1 saturated heterocycles. The van der Waals surface area contributed by atoms with Crippen molar-refractivity contribution in [1.82, 2.24) is 4.98 Å². The molecule has 0 aromatic carbocycles. The van der Waals surface area contributed by atoms with E-state index in [2.05, 4.69) is 18.7 Å². The molecule has 0 bridgehead atoms. The van der Waals surface area contributed by atoms with Crippen LogP contribution in [0.15, 0.2) is 0 Å². The Morgan fingerprint density at radius 3 is 2.94 bits per heavy atom. The van der Waals surface area contributed by atoms with Gasteiger partial charge in [0.05, 0.1) is 17.2 Å². The number of thiazole rings is 1. The van der Waals surface area contributed by atoms with Crippen LogP contribution < -0.4 is 4.90 Å². The van der Waals surface area contributed by atoms with Crippen molar-refractivity contribution in [3.05, 3.63) is 10.6 Å². The number of anilines is 1. The fourth-order valence-electron chi connectivity index (χ4n) is 2.61. The SMILES string of the molecule is CCCc1nc(N2CCCCCC2C)sc1CO. The number of aryl methyl sites for hydroxylation is 1. The quantitative estimate of drug-likeness (QED) is 0.909. The van der Waals surface area contributed by atoms with Crippen molar-refractivity contribution in [1.29, 1.82) is 0 Å². The standard InChI is InChI=1S/C14H24N2OS/c1-3-7-12-13(10-17)18-14(15-12)16-9-6-4-5-8-11(16)2/h11,17H,3-10H2,1-2H3. The van der Waals surface area contributed by atoms with E-state index in [0.29, 0.717) is 6.04 Å². The highest BCUT2D eigenvalue weighted by atomic mass is 32.1. The van der Waals surface area contributed by atoms with Gasteiger partial charge in [0, 0.05) is 12.6 Å². The van der Waals surface area contributed by atoms with Crippen molar-refractivity contribution >= 4 is 16.5 Å². The van der Waals surface area contributed by atoms with Crippen LogP contribution in [0, 0.1) is 0 Å². The molecule has 0 amide bonds. The van der Waals surface area contributed by atoms with Gasteiger partial charge in [-0.3, -0.25) is 0 Å². The van der Waals surface area contributed by atoms with Crippen LogP contribution in [0.5, 0.6) is 0 Å². The largest absolute Gasteiger partial charge is 0.391 e. The average Bonchev–Trinajstić information content (AvgIpc) is 2.64. The summed E-state index contributed by atoms with van der Waals surface area (Å²) in [7, 11) is 0.